The number of nitrogens with zero attached hydrogens (tertiary/aromatic N) is 2. The Morgan fingerprint density at radius 1 is 1.25 bits per heavy atom. The molecule has 2 N–H and O–H groups in total. The third-order valence-electron chi connectivity index (χ3n) is 6.10. The van der Waals surface area contributed by atoms with Crippen molar-refractivity contribution < 1.29 is 0 Å². The molecule has 0 aromatic carbocycles. The van der Waals surface area contributed by atoms with Gasteiger partial charge in [0.25, 0.3) is 0 Å². The zero-order chi connectivity index (χ0) is 13.7. The molecule has 1 aromatic rings. The summed E-state index contributed by atoms with van der Waals surface area (Å²) >= 11 is 0. The Bertz CT molecular complexity index is 453. The van der Waals surface area contributed by atoms with Crippen molar-refractivity contribution in [1.82, 2.24) is 9.78 Å². The van der Waals surface area contributed by atoms with E-state index in [4.69, 9.17) is 5.73 Å². The summed E-state index contributed by atoms with van der Waals surface area (Å²) in [6.45, 7) is 3.04. The molecule has 4 bridgehead atoms. The molecule has 0 radical (unpaired) electrons. The van der Waals surface area contributed by atoms with Crippen LogP contribution in [0, 0.1) is 17.8 Å². The summed E-state index contributed by atoms with van der Waals surface area (Å²) in [5, 5.41) is 4.61. The lowest BCUT2D eigenvalue weighted by Gasteiger charge is -2.56. The van der Waals surface area contributed by atoms with Crippen LogP contribution in [0.2, 0.25) is 0 Å². The van der Waals surface area contributed by atoms with Crippen LogP contribution in [0.5, 0.6) is 0 Å². The Morgan fingerprint density at radius 3 is 2.40 bits per heavy atom. The Kier molecular flexibility index (Phi) is 2.95. The predicted molar refractivity (Wildman–Crippen MR) is 80.3 cm³/mol. The van der Waals surface area contributed by atoms with Crippen molar-refractivity contribution in [2.24, 2.45) is 23.5 Å². The molecule has 3 nitrogen and oxygen atoms in total. The Balaban J connectivity index is 1.55. The van der Waals surface area contributed by atoms with Crippen LogP contribution < -0.4 is 5.73 Å². The summed E-state index contributed by atoms with van der Waals surface area (Å²) in [6.07, 6.45) is 14.3. The Hall–Kier alpha value is -0.830. The molecule has 1 atom stereocenters. The van der Waals surface area contributed by atoms with Crippen LogP contribution in [-0.4, -0.2) is 15.8 Å². The summed E-state index contributed by atoms with van der Waals surface area (Å²) in [4.78, 5) is 0. The highest BCUT2D eigenvalue weighted by atomic mass is 15.3. The van der Waals surface area contributed by atoms with Gasteiger partial charge in [0, 0.05) is 18.8 Å². The normalized spacial score (nSPS) is 40.2. The van der Waals surface area contributed by atoms with Crippen molar-refractivity contribution in [3.8, 4) is 0 Å². The van der Waals surface area contributed by atoms with Crippen LogP contribution >= 0.6 is 0 Å². The monoisotopic (exact) mass is 273 g/mol. The van der Waals surface area contributed by atoms with E-state index in [1.54, 1.807) is 0 Å². The third kappa shape index (κ3) is 2.11. The molecule has 4 fully saturated rings. The number of aryl methyl sites for hydroxylation is 1. The van der Waals surface area contributed by atoms with Crippen molar-refractivity contribution in [2.75, 3.05) is 0 Å². The molecule has 1 aromatic heterocycles. The SMILES string of the molecule is CC(N)CCn1cc(C23CC4CC(CC(C4)C2)C3)cn1. The first-order valence-corrected chi connectivity index (χ1v) is 8.41. The molecule has 5 rings (SSSR count). The van der Waals surface area contributed by atoms with Gasteiger partial charge in [-0.3, -0.25) is 4.68 Å². The average molecular weight is 273 g/mol. The zero-order valence-electron chi connectivity index (χ0n) is 12.6. The molecule has 0 aliphatic heterocycles. The Morgan fingerprint density at radius 2 is 1.85 bits per heavy atom. The van der Waals surface area contributed by atoms with Crippen LogP contribution in [0.1, 0.15) is 57.4 Å². The summed E-state index contributed by atoms with van der Waals surface area (Å²) in [7, 11) is 0. The van der Waals surface area contributed by atoms with Crippen molar-refractivity contribution in [3.05, 3.63) is 18.0 Å². The smallest absolute Gasteiger partial charge is 0.0527 e. The quantitative estimate of drug-likeness (QED) is 0.916. The maximum absolute atomic E-state index is 5.85. The van der Waals surface area contributed by atoms with Gasteiger partial charge in [-0.2, -0.15) is 5.10 Å². The van der Waals surface area contributed by atoms with Gasteiger partial charge in [-0.1, -0.05) is 0 Å². The molecule has 20 heavy (non-hydrogen) atoms. The summed E-state index contributed by atoms with van der Waals surface area (Å²) in [6, 6.07) is 0.266. The van der Waals surface area contributed by atoms with Crippen LogP contribution in [-0.2, 0) is 12.0 Å². The van der Waals surface area contributed by atoms with E-state index in [1.165, 1.54) is 44.1 Å². The van der Waals surface area contributed by atoms with Crippen LogP contribution in [0.15, 0.2) is 12.4 Å². The van der Waals surface area contributed by atoms with Gasteiger partial charge in [-0.15, -0.1) is 0 Å². The molecule has 4 aliphatic rings. The summed E-state index contributed by atoms with van der Waals surface area (Å²) in [5.74, 6) is 3.02. The minimum atomic E-state index is 0.266. The van der Waals surface area contributed by atoms with E-state index in [-0.39, 0.29) is 6.04 Å². The topological polar surface area (TPSA) is 43.8 Å². The lowest BCUT2D eigenvalue weighted by molar-refractivity contribution is -0.00523. The van der Waals surface area contributed by atoms with Gasteiger partial charge in [0.05, 0.1) is 6.20 Å². The minimum absolute atomic E-state index is 0.266. The third-order valence-corrected chi connectivity index (χ3v) is 6.10. The van der Waals surface area contributed by atoms with E-state index < -0.39 is 0 Å². The van der Waals surface area contributed by atoms with Crippen LogP contribution in [0.25, 0.3) is 0 Å². The number of aromatic nitrogens is 2. The second kappa shape index (κ2) is 4.59. The maximum Gasteiger partial charge on any atom is 0.0527 e. The van der Waals surface area contributed by atoms with Gasteiger partial charge < -0.3 is 5.73 Å². The fourth-order valence-electron chi connectivity index (χ4n) is 5.56. The molecule has 0 saturated heterocycles. The van der Waals surface area contributed by atoms with Crippen molar-refractivity contribution in [3.63, 3.8) is 0 Å². The van der Waals surface area contributed by atoms with Gasteiger partial charge >= 0.3 is 0 Å². The van der Waals surface area contributed by atoms with Crippen molar-refractivity contribution in [1.29, 1.82) is 0 Å². The number of nitrogens with two attached hydrogens (primary N) is 1. The minimum Gasteiger partial charge on any atom is -0.328 e. The highest BCUT2D eigenvalue weighted by molar-refractivity contribution is 5.25. The molecule has 3 heteroatoms. The average Bonchev–Trinajstić information content (AvgIpc) is 2.84. The zero-order valence-corrected chi connectivity index (χ0v) is 12.6. The molecule has 1 unspecified atom stereocenters. The van der Waals surface area contributed by atoms with Crippen molar-refractivity contribution >= 4 is 0 Å². The van der Waals surface area contributed by atoms with Crippen LogP contribution in [0.4, 0.5) is 0 Å². The second-order valence-corrected chi connectivity index (χ2v) is 7.96. The predicted octanol–water partition coefficient (Wildman–Crippen LogP) is 3.09. The van der Waals surface area contributed by atoms with Gasteiger partial charge in [0.1, 0.15) is 0 Å². The van der Waals surface area contributed by atoms with E-state index in [1.807, 2.05) is 0 Å². The molecule has 1 heterocycles. The number of rotatable bonds is 4. The lowest BCUT2D eigenvalue weighted by Crippen LogP contribution is -2.48. The standard InChI is InChI=1S/C17H27N3/c1-12(18)2-3-20-11-16(10-19-20)17-7-13-4-14(8-17)6-15(5-13)9-17/h10-15H,2-9,18H2,1H3. The maximum atomic E-state index is 5.85. The summed E-state index contributed by atoms with van der Waals surface area (Å²) < 4.78 is 2.12. The first kappa shape index (κ1) is 12.9. The first-order valence-electron chi connectivity index (χ1n) is 8.41. The summed E-state index contributed by atoms with van der Waals surface area (Å²) in [5.41, 5.74) is 7.87. The molecular weight excluding hydrogens is 246 g/mol. The number of hydrogen-bond donors (Lipinski definition) is 1. The molecular formula is C17H27N3. The fourth-order valence-corrected chi connectivity index (χ4v) is 5.56. The molecule has 110 valence electrons. The second-order valence-electron chi connectivity index (χ2n) is 7.96. The van der Waals surface area contributed by atoms with Gasteiger partial charge in [0.2, 0.25) is 0 Å². The van der Waals surface area contributed by atoms with Crippen molar-refractivity contribution in [2.45, 2.75) is 69.9 Å². The largest absolute Gasteiger partial charge is 0.328 e. The highest BCUT2D eigenvalue weighted by Gasteiger charge is 2.51. The Labute approximate surface area is 121 Å². The molecule has 4 aliphatic carbocycles. The van der Waals surface area contributed by atoms with E-state index in [0.717, 1.165) is 30.7 Å². The molecule has 0 spiro atoms. The van der Waals surface area contributed by atoms with Crippen LogP contribution in [0.3, 0.4) is 0 Å². The fraction of sp³-hybridized carbons (Fsp3) is 0.824. The van der Waals surface area contributed by atoms with Gasteiger partial charge in [-0.05, 0) is 80.6 Å². The first-order chi connectivity index (χ1) is 9.63. The van der Waals surface area contributed by atoms with E-state index in [9.17, 15) is 0 Å². The van der Waals surface area contributed by atoms with E-state index >= 15 is 0 Å². The van der Waals surface area contributed by atoms with E-state index in [2.05, 4.69) is 29.1 Å². The van der Waals surface area contributed by atoms with Gasteiger partial charge in [0.15, 0.2) is 0 Å². The number of hydrogen-bond acceptors (Lipinski definition) is 2. The van der Waals surface area contributed by atoms with Gasteiger partial charge in [-0.25, -0.2) is 0 Å². The highest BCUT2D eigenvalue weighted by Crippen LogP contribution is 2.60. The molecule has 0 amide bonds. The molecule has 4 saturated carbocycles. The lowest BCUT2D eigenvalue weighted by atomic mass is 9.48. The van der Waals surface area contributed by atoms with E-state index in [0.29, 0.717) is 5.41 Å².